The zero-order chi connectivity index (χ0) is 17.8. The summed E-state index contributed by atoms with van der Waals surface area (Å²) in [7, 11) is 0.231. The summed E-state index contributed by atoms with van der Waals surface area (Å²) in [4.78, 5) is 19.5. The molecule has 24 heavy (non-hydrogen) atoms. The topological polar surface area (TPSA) is 82.1 Å². The summed E-state index contributed by atoms with van der Waals surface area (Å²) in [5, 5.41) is 3.16. The Morgan fingerprint density at radius 3 is 2.42 bits per heavy atom. The first-order chi connectivity index (χ1) is 10.5. The number of carbonyl (C=O) groups is 1. The fraction of sp³-hybridized carbons (Fsp3) is 0.733. The van der Waals surface area contributed by atoms with Gasteiger partial charge in [0.05, 0.1) is 10.5 Å². The highest BCUT2D eigenvalue weighted by Gasteiger charge is 2.41. The Morgan fingerprint density at radius 2 is 1.96 bits per heavy atom. The van der Waals surface area contributed by atoms with Crippen LogP contribution in [0.5, 0.6) is 0 Å². The molecule has 7 nitrogen and oxygen atoms in total. The summed E-state index contributed by atoms with van der Waals surface area (Å²) in [6, 6.07) is 0. The van der Waals surface area contributed by atoms with Gasteiger partial charge in [-0.3, -0.25) is 4.79 Å². The number of carbonyl (C=O) groups excluding carboxylic acids is 1. The quantitative estimate of drug-likeness (QED) is 0.282. The predicted octanol–water partition coefficient (Wildman–Crippen LogP) is 0.723. The lowest BCUT2D eigenvalue weighted by Crippen LogP contribution is -2.57. The first-order valence-electron chi connectivity index (χ1n) is 7.56. The van der Waals surface area contributed by atoms with E-state index < -0.39 is 14.6 Å². The van der Waals surface area contributed by atoms with E-state index in [0.717, 1.165) is 5.57 Å². The molecule has 1 amide bonds. The van der Waals surface area contributed by atoms with Gasteiger partial charge in [0, 0.05) is 33.7 Å². The molecule has 0 aromatic heterocycles. The minimum Gasteiger partial charge on any atom is -0.353 e. The van der Waals surface area contributed by atoms with Crippen LogP contribution in [0.2, 0.25) is 0 Å². The molecule has 0 radical (unpaired) electrons. The van der Waals surface area contributed by atoms with E-state index >= 15 is 0 Å². The summed E-state index contributed by atoms with van der Waals surface area (Å²) in [6.45, 7) is 10.4. The van der Waals surface area contributed by atoms with Crippen LogP contribution in [-0.4, -0.2) is 80.9 Å². The van der Waals surface area contributed by atoms with Crippen molar-refractivity contribution in [3.05, 3.63) is 12.2 Å². The number of amides is 1. The van der Waals surface area contributed by atoms with Crippen molar-refractivity contribution in [2.45, 2.75) is 25.5 Å². The van der Waals surface area contributed by atoms with E-state index in [2.05, 4.69) is 16.9 Å². The number of likely N-dealkylation sites (N-methyl/N-ethyl adjacent to an activating group) is 1. The summed E-state index contributed by atoms with van der Waals surface area (Å²) in [6.07, 6.45) is 0. The van der Waals surface area contributed by atoms with Gasteiger partial charge < -0.3 is 15.1 Å². The minimum absolute atomic E-state index is 0. The monoisotopic (exact) mass is 472 g/mol. The molecule has 1 aliphatic rings. The maximum absolute atomic E-state index is 12.1. The van der Waals surface area contributed by atoms with Gasteiger partial charge in [-0.15, -0.1) is 24.0 Å². The first-order valence-corrected chi connectivity index (χ1v) is 9.21. The molecule has 9 heteroatoms. The number of guanidine groups is 1. The molecule has 1 N–H and O–H groups in total. The number of sulfone groups is 1. The van der Waals surface area contributed by atoms with Crippen molar-refractivity contribution < 1.29 is 13.2 Å². The van der Waals surface area contributed by atoms with Crippen molar-refractivity contribution in [3.8, 4) is 0 Å². The van der Waals surface area contributed by atoms with Gasteiger partial charge in [-0.2, -0.15) is 0 Å². The van der Waals surface area contributed by atoms with Crippen LogP contribution in [0.4, 0.5) is 0 Å². The molecular weight excluding hydrogens is 443 g/mol. The fourth-order valence-electron chi connectivity index (χ4n) is 2.11. The van der Waals surface area contributed by atoms with Gasteiger partial charge in [-0.1, -0.05) is 12.2 Å². The van der Waals surface area contributed by atoms with Crippen LogP contribution < -0.4 is 5.32 Å². The molecule has 1 fully saturated rings. The van der Waals surface area contributed by atoms with Crippen LogP contribution in [0, 0.1) is 0 Å². The smallest absolute Gasteiger partial charge is 0.243 e. The maximum Gasteiger partial charge on any atom is 0.243 e. The molecular formula is C15H29IN4O3S. The summed E-state index contributed by atoms with van der Waals surface area (Å²) in [5.74, 6) is 0.518. The van der Waals surface area contributed by atoms with E-state index in [1.54, 1.807) is 27.9 Å². The van der Waals surface area contributed by atoms with Crippen LogP contribution >= 0.6 is 24.0 Å². The molecule has 0 saturated carbocycles. The van der Waals surface area contributed by atoms with Crippen LogP contribution in [0.1, 0.15) is 20.8 Å². The largest absolute Gasteiger partial charge is 0.353 e. The Balaban J connectivity index is 0.00000529. The van der Waals surface area contributed by atoms with Gasteiger partial charge in [0.2, 0.25) is 5.91 Å². The molecule has 140 valence electrons. The summed E-state index contributed by atoms with van der Waals surface area (Å²) in [5.41, 5.74) is 0.931. The van der Waals surface area contributed by atoms with Crippen LogP contribution in [0.3, 0.4) is 0 Å². The Morgan fingerprint density at radius 1 is 1.38 bits per heavy atom. The molecule has 0 unspecified atom stereocenters. The molecule has 1 heterocycles. The Hall–Kier alpha value is -0.840. The zero-order valence-electron chi connectivity index (χ0n) is 15.1. The average Bonchev–Trinajstić information content (AvgIpc) is 2.41. The number of nitrogens with one attached hydrogen (secondary N) is 1. The summed E-state index contributed by atoms with van der Waals surface area (Å²) < 4.78 is 23.4. The van der Waals surface area contributed by atoms with Crippen molar-refractivity contribution in [2.75, 3.05) is 46.0 Å². The Labute approximate surface area is 162 Å². The molecule has 1 aliphatic heterocycles. The third-order valence-corrected chi connectivity index (χ3v) is 6.29. The van der Waals surface area contributed by atoms with Crippen molar-refractivity contribution in [1.82, 2.24) is 15.1 Å². The second kappa shape index (κ2) is 9.02. The molecule has 0 aliphatic carbocycles. The number of rotatable bonds is 4. The summed E-state index contributed by atoms with van der Waals surface area (Å²) >= 11 is 0. The van der Waals surface area contributed by atoms with Crippen molar-refractivity contribution in [1.29, 1.82) is 0 Å². The van der Waals surface area contributed by atoms with Gasteiger partial charge in [0.15, 0.2) is 15.8 Å². The van der Waals surface area contributed by atoms with E-state index in [0.29, 0.717) is 25.6 Å². The lowest BCUT2D eigenvalue weighted by molar-refractivity contribution is -0.127. The average molecular weight is 472 g/mol. The Bertz CT molecular complexity index is 600. The van der Waals surface area contributed by atoms with Crippen molar-refractivity contribution in [2.24, 2.45) is 4.99 Å². The van der Waals surface area contributed by atoms with Crippen molar-refractivity contribution in [3.63, 3.8) is 0 Å². The van der Waals surface area contributed by atoms with E-state index in [9.17, 15) is 13.2 Å². The van der Waals surface area contributed by atoms with E-state index in [1.807, 2.05) is 11.8 Å². The van der Waals surface area contributed by atoms with Gasteiger partial charge in [-0.25, -0.2) is 13.4 Å². The normalized spacial score (nSPS) is 19.2. The van der Waals surface area contributed by atoms with Gasteiger partial charge >= 0.3 is 0 Å². The predicted molar refractivity (Wildman–Crippen MR) is 109 cm³/mol. The number of hydrogen-bond acceptors (Lipinski definition) is 4. The molecule has 0 spiro atoms. The molecule has 1 rings (SSSR count). The number of halogens is 1. The van der Waals surface area contributed by atoms with Gasteiger partial charge in [-0.05, 0) is 20.8 Å². The minimum atomic E-state index is -3.12. The Kier molecular flexibility index (Phi) is 8.71. The highest BCUT2D eigenvalue weighted by molar-refractivity contribution is 14.0. The van der Waals surface area contributed by atoms with E-state index in [4.69, 9.17) is 0 Å². The molecule has 0 atom stereocenters. The molecule has 0 aromatic rings. The molecule has 0 bridgehead atoms. The third kappa shape index (κ3) is 6.23. The molecule has 1 saturated heterocycles. The first kappa shape index (κ1) is 23.2. The maximum atomic E-state index is 12.1. The van der Waals surface area contributed by atoms with E-state index in [-0.39, 0.29) is 42.2 Å². The van der Waals surface area contributed by atoms with Crippen molar-refractivity contribution >= 4 is 45.7 Å². The number of aliphatic imine (C=N–C) groups is 1. The number of nitrogens with zero attached hydrogens (tertiary/aromatic N) is 3. The second-order valence-electron chi connectivity index (χ2n) is 6.74. The van der Waals surface area contributed by atoms with E-state index in [1.165, 1.54) is 4.90 Å². The zero-order valence-corrected chi connectivity index (χ0v) is 18.3. The third-order valence-electron chi connectivity index (χ3n) is 3.75. The highest BCUT2D eigenvalue weighted by atomic mass is 127. The van der Waals surface area contributed by atoms with Crippen LogP contribution in [-0.2, 0) is 14.6 Å². The standard InChI is InChI=1S/C15H28N4O3S.HI/c1-12(2)9-16-14(17-10-13(20)18(5)6)19-7-8-23(21,22)15(3,4)11-19;/h1,7-11H2,2-6H3,(H,16,17);1H. The van der Waals surface area contributed by atoms with Gasteiger partial charge in [0.25, 0.3) is 0 Å². The fourth-order valence-corrected chi connectivity index (χ4v) is 3.47. The highest BCUT2D eigenvalue weighted by Crippen LogP contribution is 2.23. The SMILES string of the molecule is C=C(C)CNC(=NCC(=O)N(C)C)N1CCS(=O)(=O)C(C)(C)C1.I. The molecule has 0 aromatic carbocycles. The lowest BCUT2D eigenvalue weighted by atomic mass is 10.2. The van der Waals surface area contributed by atoms with Crippen LogP contribution in [0.15, 0.2) is 17.1 Å². The number of hydrogen-bond donors (Lipinski definition) is 1. The van der Waals surface area contributed by atoms with Crippen LogP contribution in [0.25, 0.3) is 0 Å². The second-order valence-corrected chi connectivity index (χ2v) is 9.48. The lowest BCUT2D eigenvalue weighted by Gasteiger charge is -2.39. The van der Waals surface area contributed by atoms with Gasteiger partial charge in [0.1, 0.15) is 6.54 Å².